The largest absolute Gasteiger partial charge is 0.456 e. The van der Waals surface area contributed by atoms with Crippen LogP contribution in [-0.4, -0.2) is 23.1 Å². The first kappa shape index (κ1) is 17.4. The minimum atomic E-state index is -0.628. The quantitative estimate of drug-likeness (QED) is 0.683. The van der Waals surface area contributed by atoms with E-state index in [4.69, 9.17) is 9.15 Å². The molecule has 1 aromatic heterocycles. The lowest BCUT2D eigenvalue weighted by molar-refractivity contribution is -0.147. The van der Waals surface area contributed by atoms with E-state index in [0.29, 0.717) is 16.8 Å². The van der Waals surface area contributed by atoms with Crippen molar-refractivity contribution in [3.05, 3.63) is 64.9 Å². The van der Waals surface area contributed by atoms with Crippen molar-refractivity contribution in [3.63, 3.8) is 0 Å². The number of aromatic nitrogens is 1. The van der Waals surface area contributed by atoms with Crippen LogP contribution in [-0.2, 0) is 20.9 Å². The highest BCUT2D eigenvalue weighted by molar-refractivity contribution is 5.92. The Morgan fingerprint density at radius 3 is 2.62 bits per heavy atom. The summed E-state index contributed by atoms with van der Waals surface area (Å²) in [6.45, 7) is -0.397. The predicted molar refractivity (Wildman–Crippen MR) is 91.1 cm³/mol. The molecule has 0 fully saturated rings. The van der Waals surface area contributed by atoms with Crippen LogP contribution in [0.1, 0.15) is 6.42 Å². The van der Waals surface area contributed by atoms with Gasteiger partial charge in [0.1, 0.15) is 5.82 Å². The van der Waals surface area contributed by atoms with Gasteiger partial charge in [0.15, 0.2) is 12.2 Å². The average Bonchev–Trinajstić information content (AvgIpc) is 2.95. The monoisotopic (exact) mass is 358 g/mol. The van der Waals surface area contributed by atoms with E-state index < -0.39 is 30.1 Å². The molecule has 3 aromatic rings. The molecular formula is C18H15FN2O5. The van der Waals surface area contributed by atoms with Gasteiger partial charge in [-0.15, -0.1) is 0 Å². The van der Waals surface area contributed by atoms with Crippen molar-refractivity contribution in [1.29, 1.82) is 0 Å². The van der Waals surface area contributed by atoms with E-state index >= 15 is 0 Å². The first-order valence-corrected chi connectivity index (χ1v) is 7.82. The maximum absolute atomic E-state index is 12.8. The molecule has 1 amide bonds. The number of ether oxygens (including phenoxy) is 1. The van der Waals surface area contributed by atoms with Crippen molar-refractivity contribution in [2.45, 2.75) is 13.0 Å². The Morgan fingerprint density at radius 1 is 1.12 bits per heavy atom. The van der Waals surface area contributed by atoms with Crippen LogP contribution in [0.3, 0.4) is 0 Å². The zero-order valence-corrected chi connectivity index (χ0v) is 13.6. The second-order valence-corrected chi connectivity index (χ2v) is 5.45. The number of aryl methyl sites for hydroxylation is 1. The van der Waals surface area contributed by atoms with Crippen LogP contribution in [0.4, 0.5) is 10.1 Å². The maximum Gasteiger partial charge on any atom is 0.419 e. The number of halogens is 1. The van der Waals surface area contributed by atoms with Crippen LogP contribution in [0, 0.1) is 5.82 Å². The molecule has 7 nitrogen and oxygen atoms in total. The first-order valence-electron chi connectivity index (χ1n) is 7.82. The van der Waals surface area contributed by atoms with Gasteiger partial charge in [-0.05, 0) is 36.4 Å². The van der Waals surface area contributed by atoms with Crippen LogP contribution < -0.4 is 11.1 Å². The SMILES string of the molecule is O=C(COC(=O)CCn1c(=O)oc2ccccc21)Nc1ccc(F)cc1. The van der Waals surface area contributed by atoms with Gasteiger partial charge in [-0.1, -0.05) is 12.1 Å². The Labute approximate surface area is 147 Å². The third-order valence-electron chi connectivity index (χ3n) is 3.61. The van der Waals surface area contributed by atoms with Crippen LogP contribution in [0.5, 0.6) is 0 Å². The molecule has 0 radical (unpaired) electrons. The van der Waals surface area contributed by atoms with Crippen molar-refractivity contribution < 1.29 is 23.1 Å². The van der Waals surface area contributed by atoms with E-state index in [9.17, 15) is 18.8 Å². The molecule has 0 bridgehead atoms. The minimum Gasteiger partial charge on any atom is -0.456 e. The van der Waals surface area contributed by atoms with E-state index in [1.807, 2.05) is 0 Å². The van der Waals surface area contributed by atoms with Crippen molar-refractivity contribution in [3.8, 4) is 0 Å². The fraction of sp³-hybridized carbons (Fsp3) is 0.167. The van der Waals surface area contributed by atoms with Crippen molar-refractivity contribution >= 4 is 28.7 Å². The number of hydrogen-bond donors (Lipinski definition) is 1. The summed E-state index contributed by atoms with van der Waals surface area (Å²) in [5, 5.41) is 2.47. The number of para-hydroxylation sites is 2. The highest BCUT2D eigenvalue weighted by Crippen LogP contribution is 2.12. The summed E-state index contributed by atoms with van der Waals surface area (Å²) in [5.41, 5.74) is 1.41. The molecule has 1 N–H and O–H groups in total. The Balaban J connectivity index is 1.49. The molecule has 0 saturated heterocycles. The molecule has 0 atom stereocenters. The molecular weight excluding hydrogens is 343 g/mol. The van der Waals surface area contributed by atoms with E-state index in [1.165, 1.54) is 28.8 Å². The Bertz CT molecular complexity index is 991. The number of rotatable bonds is 6. The number of anilines is 1. The van der Waals surface area contributed by atoms with Crippen LogP contribution in [0.15, 0.2) is 57.7 Å². The fourth-order valence-electron chi connectivity index (χ4n) is 2.38. The molecule has 0 spiro atoms. The van der Waals surface area contributed by atoms with Gasteiger partial charge in [-0.3, -0.25) is 14.2 Å². The summed E-state index contributed by atoms with van der Waals surface area (Å²) in [7, 11) is 0. The number of carbonyl (C=O) groups excluding carboxylic acids is 2. The summed E-state index contributed by atoms with van der Waals surface area (Å²) in [6, 6.07) is 12.1. The molecule has 26 heavy (non-hydrogen) atoms. The number of carbonyl (C=O) groups is 2. The lowest BCUT2D eigenvalue weighted by atomic mass is 10.3. The molecule has 0 saturated carbocycles. The maximum atomic E-state index is 12.8. The van der Waals surface area contributed by atoms with Crippen LogP contribution in [0.25, 0.3) is 11.1 Å². The summed E-state index contributed by atoms with van der Waals surface area (Å²) in [6.07, 6.45) is -0.0900. The average molecular weight is 358 g/mol. The Kier molecular flexibility index (Phi) is 5.12. The summed E-state index contributed by atoms with van der Waals surface area (Å²) in [4.78, 5) is 35.3. The van der Waals surface area contributed by atoms with E-state index in [0.717, 1.165) is 0 Å². The number of fused-ring (bicyclic) bond motifs is 1. The normalized spacial score (nSPS) is 10.7. The number of hydrogen-bond acceptors (Lipinski definition) is 5. The highest BCUT2D eigenvalue weighted by Gasteiger charge is 2.12. The molecule has 3 rings (SSSR count). The van der Waals surface area contributed by atoms with Crippen LogP contribution >= 0.6 is 0 Å². The number of oxazole rings is 1. The molecule has 1 heterocycles. The van der Waals surface area contributed by atoms with Gasteiger partial charge in [0.2, 0.25) is 0 Å². The Hall–Kier alpha value is -3.42. The summed E-state index contributed by atoms with van der Waals surface area (Å²) >= 11 is 0. The zero-order chi connectivity index (χ0) is 18.5. The molecule has 0 unspecified atom stereocenters. The molecule has 0 aliphatic heterocycles. The predicted octanol–water partition coefficient (Wildman–Crippen LogP) is 2.31. The fourth-order valence-corrected chi connectivity index (χ4v) is 2.38. The number of amides is 1. The molecule has 0 aliphatic carbocycles. The van der Waals surface area contributed by atoms with Gasteiger partial charge < -0.3 is 14.5 Å². The number of esters is 1. The van der Waals surface area contributed by atoms with Gasteiger partial charge in [0, 0.05) is 12.2 Å². The third kappa shape index (κ3) is 4.15. The second-order valence-electron chi connectivity index (χ2n) is 5.45. The lowest BCUT2D eigenvalue weighted by Crippen LogP contribution is -2.22. The van der Waals surface area contributed by atoms with Crippen molar-refractivity contribution in [1.82, 2.24) is 4.57 Å². The van der Waals surface area contributed by atoms with E-state index in [2.05, 4.69) is 5.32 Å². The van der Waals surface area contributed by atoms with E-state index in [-0.39, 0.29) is 13.0 Å². The minimum absolute atomic E-state index is 0.0776. The van der Waals surface area contributed by atoms with Gasteiger partial charge in [-0.2, -0.15) is 0 Å². The smallest absolute Gasteiger partial charge is 0.419 e. The first-order chi connectivity index (χ1) is 12.5. The number of nitrogens with zero attached hydrogens (tertiary/aromatic N) is 1. The molecule has 0 aliphatic rings. The van der Waals surface area contributed by atoms with Crippen molar-refractivity contribution in [2.24, 2.45) is 0 Å². The summed E-state index contributed by atoms with van der Waals surface area (Å²) in [5.74, 6) is -2.16. The van der Waals surface area contributed by atoms with Gasteiger partial charge in [-0.25, -0.2) is 9.18 Å². The molecule has 134 valence electrons. The second kappa shape index (κ2) is 7.64. The van der Waals surface area contributed by atoms with Gasteiger partial charge >= 0.3 is 11.7 Å². The number of benzene rings is 2. The van der Waals surface area contributed by atoms with Gasteiger partial charge in [0.25, 0.3) is 5.91 Å². The van der Waals surface area contributed by atoms with Crippen LogP contribution in [0.2, 0.25) is 0 Å². The number of nitrogens with one attached hydrogen (secondary N) is 1. The van der Waals surface area contributed by atoms with Crippen molar-refractivity contribution in [2.75, 3.05) is 11.9 Å². The Morgan fingerprint density at radius 2 is 1.85 bits per heavy atom. The van der Waals surface area contributed by atoms with Gasteiger partial charge in [0.05, 0.1) is 11.9 Å². The lowest BCUT2D eigenvalue weighted by Gasteiger charge is -2.07. The molecule has 8 heteroatoms. The van der Waals surface area contributed by atoms with E-state index in [1.54, 1.807) is 24.3 Å². The highest BCUT2D eigenvalue weighted by atomic mass is 19.1. The summed E-state index contributed by atoms with van der Waals surface area (Å²) < 4.78 is 24.1. The standard InChI is InChI=1S/C18H15FN2O5/c19-12-5-7-13(8-6-12)20-16(22)11-25-17(23)9-10-21-14-3-1-2-4-15(14)26-18(21)24/h1-8H,9-11H2,(H,20,22). The molecule has 2 aromatic carbocycles. The third-order valence-corrected chi connectivity index (χ3v) is 3.61. The topological polar surface area (TPSA) is 90.5 Å². The zero-order valence-electron chi connectivity index (χ0n) is 13.6.